The molecular formula is C15H23N3O3S. The normalized spacial score (nSPS) is 17.5. The summed E-state index contributed by atoms with van der Waals surface area (Å²) in [5.41, 5.74) is 2.19. The van der Waals surface area contributed by atoms with Crippen LogP contribution < -0.4 is 9.62 Å². The number of benzene rings is 1. The third-order valence-corrected chi connectivity index (χ3v) is 5.15. The van der Waals surface area contributed by atoms with Gasteiger partial charge in [0, 0.05) is 31.7 Å². The molecule has 1 aromatic carbocycles. The van der Waals surface area contributed by atoms with Crippen molar-refractivity contribution in [1.82, 2.24) is 10.2 Å². The van der Waals surface area contributed by atoms with Gasteiger partial charge >= 0.3 is 0 Å². The molecule has 1 aliphatic heterocycles. The van der Waals surface area contributed by atoms with Gasteiger partial charge in [-0.25, -0.2) is 8.42 Å². The minimum absolute atomic E-state index is 0.0523. The van der Waals surface area contributed by atoms with E-state index in [4.69, 9.17) is 0 Å². The van der Waals surface area contributed by atoms with Crippen molar-refractivity contribution in [2.24, 2.45) is 0 Å². The van der Waals surface area contributed by atoms with Gasteiger partial charge in [0.25, 0.3) is 5.91 Å². The van der Waals surface area contributed by atoms with Crippen LogP contribution in [0, 0.1) is 0 Å². The van der Waals surface area contributed by atoms with Gasteiger partial charge < -0.3 is 10.2 Å². The SMILES string of the molecule is CNCCN(C)C(=O)c1ccc2c(c1)CC(C)N2S(C)(=O)=O. The molecule has 0 aromatic heterocycles. The summed E-state index contributed by atoms with van der Waals surface area (Å²) >= 11 is 0. The van der Waals surface area contributed by atoms with Gasteiger partial charge in [-0.15, -0.1) is 0 Å². The van der Waals surface area contributed by atoms with Gasteiger partial charge in [-0.2, -0.15) is 0 Å². The van der Waals surface area contributed by atoms with Gasteiger partial charge in [-0.1, -0.05) is 0 Å². The number of nitrogens with one attached hydrogen (secondary N) is 1. The highest BCUT2D eigenvalue weighted by atomic mass is 32.2. The van der Waals surface area contributed by atoms with E-state index in [2.05, 4.69) is 5.32 Å². The fourth-order valence-corrected chi connectivity index (χ4v) is 4.11. The Hall–Kier alpha value is -1.60. The summed E-state index contributed by atoms with van der Waals surface area (Å²) in [6.07, 6.45) is 1.84. The molecule has 0 fully saturated rings. The number of nitrogens with zero attached hydrogens (tertiary/aromatic N) is 2. The van der Waals surface area contributed by atoms with Crippen molar-refractivity contribution in [2.45, 2.75) is 19.4 Å². The number of hydrogen-bond donors (Lipinski definition) is 1. The first-order chi connectivity index (χ1) is 10.3. The zero-order chi connectivity index (χ0) is 16.5. The Kier molecular flexibility index (Phi) is 4.77. The molecule has 0 aliphatic carbocycles. The molecule has 6 nitrogen and oxygen atoms in total. The molecule has 1 aliphatic rings. The van der Waals surface area contributed by atoms with Crippen LogP contribution in [0.3, 0.4) is 0 Å². The lowest BCUT2D eigenvalue weighted by Gasteiger charge is -2.22. The number of amides is 1. The first-order valence-electron chi connectivity index (χ1n) is 7.28. The Morgan fingerprint density at radius 2 is 2.14 bits per heavy atom. The lowest BCUT2D eigenvalue weighted by molar-refractivity contribution is 0.0797. The molecule has 0 spiro atoms. The Bertz CT molecular complexity index is 673. The minimum Gasteiger partial charge on any atom is -0.340 e. The van der Waals surface area contributed by atoms with Crippen molar-refractivity contribution in [2.75, 3.05) is 37.7 Å². The summed E-state index contributed by atoms with van der Waals surface area (Å²) in [6.45, 7) is 3.23. The van der Waals surface area contributed by atoms with Crippen molar-refractivity contribution in [3.8, 4) is 0 Å². The van der Waals surface area contributed by atoms with Crippen LogP contribution in [0.15, 0.2) is 18.2 Å². The third kappa shape index (κ3) is 3.25. The van der Waals surface area contributed by atoms with Gasteiger partial charge in [0.1, 0.15) is 0 Å². The van der Waals surface area contributed by atoms with E-state index in [0.717, 1.165) is 12.1 Å². The smallest absolute Gasteiger partial charge is 0.253 e. The van der Waals surface area contributed by atoms with E-state index >= 15 is 0 Å². The molecule has 1 heterocycles. The van der Waals surface area contributed by atoms with Crippen molar-refractivity contribution in [3.05, 3.63) is 29.3 Å². The van der Waals surface area contributed by atoms with E-state index in [1.165, 1.54) is 10.6 Å². The quantitative estimate of drug-likeness (QED) is 0.865. The molecule has 0 radical (unpaired) electrons. The maximum Gasteiger partial charge on any atom is 0.253 e. The van der Waals surface area contributed by atoms with Crippen molar-refractivity contribution in [1.29, 1.82) is 0 Å². The highest BCUT2D eigenvalue weighted by Crippen LogP contribution is 2.34. The average molecular weight is 325 g/mol. The number of carbonyl (C=O) groups excluding carboxylic acids is 1. The van der Waals surface area contributed by atoms with Crippen LogP contribution in [0.25, 0.3) is 0 Å². The van der Waals surface area contributed by atoms with Gasteiger partial charge in [-0.05, 0) is 44.2 Å². The third-order valence-electron chi connectivity index (χ3n) is 3.88. The predicted molar refractivity (Wildman–Crippen MR) is 87.8 cm³/mol. The van der Waals surface area contributed by atoms with E-state index in [1.807, 2.05) is 20.0 Å². The molecule has 0 saturated carbocycles. The van der Waals surface area contributed by atoms with Crippen LogP contribution in [-0.2, 0) is 16.4 Å². The summed E-state index contributed by atoms with van der Waals surface area (Å²) in [7, 11) is 0.308. The summed E-state index contributed by atoms with van der Waals surface area (Å²) in [5, 5.41) is 3.01. The van der Waals surface area contributed by atoms with Gasteiger partial charge in [0.15, 0.2) is 0 Å². The van der Waals surface area contributed by atoms with Crippen LogP contribution in [0.4, 0.5) is 5.69 Å². The maximum atomic E-state index is 12.4. The number of hydrogen-bond acceptors (Lipinski definition) is 4. The molecular weight excluding hydrogens is 302 g/mol. The van der Waals surface area contributed by atoms with Gasteiger partial charge in [0.2, 0.25) is 10.0 Å². The van der Waals surface area contributed by atoms with Crippen LogP contribution in [-0.4, -0.2) is 58.7 Å². The zero-order valence-corrected chi connectivity index (χ0v) is 14.3. The van der Waals surface area contributed by atoms with Crippen LogP contribution in [0.1, 0.15) is 22.8 Å². The molecule has 0 bridgehead atoms. The predicted octanol–water partition coefficient (Wildman–Crippen LogP) is 0.689. The number of sulfonamides is 1. The summed E-state index contributed by atoms with van der Waals surface area (Å²) in [4.78, 5) is 14.0. The van der Waals surface area contributed by atoms with Crippen LogP contribution >= 0.6 is 0 Å². The molecule has 0 saturated heterocycles. The molecule has 1 aromatic rings. The summed E-state index contributed by atoms with van der Waals surface area (Å²) in [6, 6.07) is 5.14. The van der Waals surface area contributed by atoms with Crippen molar-refractivity contribution in [3.63, 3.8) is 0 Å². The molecule has 1 unspecified atom stereocenters. The van der Waals surface area contributed by atoms with E-state index in [1.54, 1.807) is 24.1 Å². The fraction of sp³-hybridized carbons (Fsp3) is 0.533. The molecule has 1 N–H and O–H groups in total. The topological polar surface area (TPSA) is 69.7 Å². The van der Waals surface area contributed by atoms with E-state index < -0.39 is 10.0 Å². The lowest BCUT2D eigenvalue weighted by Crippen LogP contribution is -2.34. The van der Waals surface area contributed by atoms with E-state index in [9.17, 15) is 13.2 Å². The maximum absolute atomic E-state index is 12.4. The number of likely N-dealkylation sites (N-methyl/N-ethyl adjacent to an activating group) is 2. The molecule has 122 valence electrons. The highest BCUT2D eigenvalue weighted by molar-refractivity contribution is 7.92. The second-order valence-corrected chi connectivity index (χ2v) is 7.65. The number of carbonyl (C=O) groups is 1. The Balaban J connectivity index is 2.27. The van der Waals surface area contributed by atoms with E-state index in [-0.39, 0.29) is 11.9 Å². The number of fused-ring (bicyclic) bond motifs is 1. The molecule has 2 rings (SSSR count). The van der Waals surface area contributed by atoms with Gasteiger partial charge in [0.05, 0.1) is 11.9 Å². The second kappa shape index (κ2) is 6.26. The number of anilines is 1. The minimum atomic E-state index is -3.30. The number of rotatable bonds is 5. The fourth-order valence-electron chi connectivity index (χ4n) is 2.84. The summed E-state index contributed by atoms with van der Waals surface area (Å²) < 4.78 is 25.2. The first kappa shape index (κ1) is 16.8. The van der Waals surface area contributed by atoms with Crippen molar-refractivity contribution < 1.29 is 13.2 Å². The zero-order valence-electron chi connectivity index (χ0n) is 13.5. The standard InChI is InChI=1S/C15H23N3O3S/c1-11-9-13-10-12(15(19)17(3)8-7-16-2)5-6-14(13)18(11)22(4,20)21/h5-6,10-11,16H,7-9H2,1-4H3. The van der Waals surface area contributed by atoms with Gasteiger partial charge in [-0.3, -0.25) is 9.10 Å². The molecule has 22 heavy (non-hydrogen) atoms. The van der Waals surface area contributed by atoms with Crippen LogP contribution in [0.2, 0.25) is 0 Å². The average Bonchev–Trinajstić information content (AvgIpc) is 2.78. The molecule has 1 atom stereocenters. The Morgan fingerprint density at radius 1 is 1.45 bits per heavy atom. The lowest BCUT2D eigenvalue weighted by atomic mass is 10.1. The molecule has 1 amide bonds. The monoisotopic (exact) mass is 325 g/mol. The van der Waals surface area contributed by atoms with Crippen LogP contribution in [0.5, 0.6) is 0 Å². The Morgan fingerprint density at radius 3 is 2.73 bits per heavy atom. The largest absolute Gasteiger partial charge is 0.340 e. The molecule has 7 heteroatoms. The second-order valence-electron chi connectivity index (χ2n) is 5.79. The Labute approximate surface area is 132 Å². The highest BCUT2D eigenvalue weighted by Gasteiger charge is 2.32. The van der Waals surface area contributed by atoms with Crippen molar-refractivity contribution >= 4 is 21.6 Å². The summed E-state index contributed by atoms with van der Waals surface area (Å²) in [5.74, 6) is -0.0523. The van der Waals surface area contributed by atoms with E-state index in [0.29, 0.717) is 24.2 Å². The first-order valence-corrected chi connectivity index (χ1v) is 9.13.